The van der Waals surface area contributed by atoms with Crippen LogP contribution in [0.5, 0.6) is 0 Å². The molecule has 3 nitrogen and oxygen atoms in total. The van der Waals surface area contributed by atoms with Gasteiger partial charge in [-0.1, -0.05) is 13.3 Å². The Bertz CT molecular complexity index is 317. The van der Waals surface area contributed by atoms with Crippen LogP contribution in [0.1, 0.15) is 26.2 Å². The van der Waals surface area contributed by atoms with E-state index in [0.29, 0.717) is 11.2 Å². The van der Waals surface area contributed by atoms with E-state index >= 15 is 0 Å². The zero-order valence-electron chi connectivity index (χ0n) is 9.67. The topological polar surface area (TPSA) is 51.8 Å². The van der Waals surface area contributed by atoms with Crippen molar-refractivity contribution in [2.24, 2.45) is 17.6 Å². The molecule has 1 aromatic rings. The van der Waals surface area contributed by atoms with Crippen LogP contribution < -0.4 is 5.73 Å². The first kappa shape index (κ1) is 11.9. The van der Waals surface area contributed by atoms with E-state index < -0.39 is 0 Å². The van der Waals surface area contributed by atoms with Crippen LogP contribution in [0.25, 0.3) is 0 Å². The van der Waals surface area contributed by atoms with Gasteiger partial charge in [0.2, 0.25) is 0 Å². The quantitative estimate of drug-likeness (QED) is 0.820. The first-order valence-corrected chi connectivity index (χ1v) is 6.80. The largest absolute Gasteiger partial charge is 0.330 e. The highest BCUT2D eigenvalue weighted by Crippen LogP contribution is 2.38. The van der Waals surface area contributed by atoms with Crippen LogP contribution in [0, 0.1) is 11.8 Å². The molecule has 0 aliphatic heterocycles. The summed E-state index contributed by atoms with van der Waals surface area (Å²) >= 11 is 1.87. The zero-order valence-corrected chi connectivity index (χ0v) is 10.5. The average Bonchev–Trinajstić information content (AvgIpc) is 2.31. The summed E-state index contributed by atoms with van der Waals surface area (Å²) in [5.41, 5.74) is 5.85. The van der Waals surface area contributed by atoms with Crippen molar-refractivity contribution in [2.75, 3.05) is 6.54 Å². The molecule has 0 bridgehead atoms. The van der Waals surface area contributed by atoms with E-state index in [-0.39, 0.29) is 0 Å². The minimum Gasteiger partial charge on any atom is -0.330 e. The van der Waals surface area contributed by atoms with Crippen LogP contribution in [0.3, 0.4) is 0 Å². The van der Waals surface area contributed by atoms with E-state index in [1.165, 1.54) is 19.3 Å². The second-order valence-corrected chi connectivity index (χ2v) is 5.88. The summed E-state index contributed by atoms with van der Waals surface area (Å²) < 4.78 is 0. The molecule has 1 heterocycles. The van der Waals surface area contributed by atoms with Crippen molar-refractivity contribution in [1.82, 2.24) is 9.97 Å². The molecule has 0 saturated heterocycles. The zero-order chi connectivity index (χ0) is 11.4. The van der Waals surface area contributed by atoms with Crippen molar-refractivity contribution < 1.29 is 0 Å². The molecule has 0 amide bonds. The normalized spacial score (nSPS) is 30.2. The first-order chi connectivity index (χ1) is 7.79. The van der Waals surface area contributed by atoms with Crippen LogP contribution in [0.2, 0.25) is 0 Å². The molecular weight excluding hydrogens is 218 g/mol. The van der Waals surface area contributed by atoms with Gasteiger partial charge >= 0.3 is 0 Å². The van der Waals surface area contributed by atoms with Crippen LogP contribution >= 0.6 is 11.8 Å². The van der Waals surface area contributed by atoms with E-state index in [4.69, 9.17) is 5.73 Å². The maximum absolute atomic E-state index is 5.85. The van der Waals surface area contributed by atoms with Crippen molar-refractivity contribution in [2.45, 2.75) is 36.5 Å². The Balaban J connectivity index is 2.01. The highest BCUT2D eigenvalue weighted by molar-refractivity contribution is 7.99. The number of nitrogens with two attached hydrogens (primary N) is 1. The Labute approximate surface area is 101 Å². The summed E-state index contributed by atoms with van der Waals surface area (Å²) in [4.78, 5) is 8.22. The molecule has 1 aliphatic rings. The molecule has 4 heteroatoms. The van der Waals surface area contributed by atoms with Crippen molar-refractivity contribution in [3.8, 4) is 0 Å². The fourth-order valence-electron chi connectivity index (χ4n) is 2.31. The number of aromatic nitrogens is 2. The van der Waals surface area contributed by atoms with Gasteiger partial charge in [-0.05, 0) is 37.3 Å². The summed E-state index contributed by atoms with van der Waals surface area (Å²) in [5, 5.41) is 1.70. The fraction of sp³-hybridized carbons (Fsp3) is 0.667. The SMILES string of the molecule is CC1CCC(CN)C(Sc2ccncn2)C1. The number of thioether (sulfide) groups is 1. The van der Waals surface area contributed by atoms with Gasteiger partial charge in [0.05, 0.1) is 5.03 Å². The van der Waals surface area contributed by atoms with Gasteiger partial charge < -0.3 is 5.73 Å². The van der Waals surface area contributed by atoms with Crippen LogP contribution in [0.15, 0.2) is 23.6 Å². The standard InChI is InChI=1S/C12H19N3S/c1-9-2-3-10(7-13)11(6-9)16-12-4-5-14-8-15-12/h4-5,8-11H,2-3,6-7,13H2,1H3. The van der Waals surface area contributed by atoms with E-state index in [9.17, 15) is 0 Å². The molecule has 3 unspecified atom stereocenters. The Kier molecular flexibility index (Phi) is 4.18. The van der Waals surface area contributed by atoms with Gasteiger partial charge in [0.15, 0.2) is 0 Å². The van der Waals surface area contributed by atoms with Crippen LogP contribution in [-0.4, -0.2) is 21.8 Å². The van der Waals surface area contributed by atoms with Crippen molar-refractivity contribution in [1.29, 1.82) is 0 Å². The monoisotopic (exact) mass is 237 g/mol. The predicted molar refractivity (Wildman–Crippen MR) is 67.2 cm³/mol. The lowest BCUT2D eigenvalue weighted by atomic mass is 9.82. The van der Waals surface area contributed by atoms with Gasteiger partial charge in [-0.15, -0.1) is 11.8 Å². The van der Waals surface area contributed by atoms with Gasteiger partial charge in [0.1, 0.15) is 6.33 Å². The summed E-state index contributed by atoms with van der Waals surface area (Å²) in [6.45, 7) is 3.13. The predicted octanol–water partition coefficient (Wildman–Crippen LogP) is 2.33. The van der Waals surface area contributed by atoms with E-state index in [1.54, 1.807) is 12.5 Å². The number of hydrogen-bond donors (Lipinski definition) is 1. The lowest BCUT2D eigenvalue weighted by molar-refractivity contribution is 0.306. The van der Waals surface area contributed by atoms with Crippen molar-refractivity contribution in [3.05, 3.63) is 18.6 Å². The Morgan fingerprint density at radius 1 is 1.50 bits per heavy atom. The molecular formula is C12H19N3S. The number of rotatable bonds is 3. The Hall–Kier alpha value is -0.610. The highest BCUT2D eigenvalue weighted by atomic mass is 32.2. The number of hydrogen-bond acceptors (Lipinski definition) is 4. The Morgan fingerprint density at radius 3 is 3.06 bits per heavy atom. The molecule has 0 spiro atoms. The van der Waals surface area contributed by atoms with E-state index in [2.05, 4.69) is 16.9 Å². The van der Waals surface area contributed by atoms with Crippen LogP contribution in [-0.2, 0) is 0 Å². The number of nitrogens with zero attached hydrogens (tertiary/aromatic N) is 2. The molecule has 1 aliphatic carbocycles. The third kappa shape index (κ3) is 2.95. The first-order valence-electron chi connectivity index (χ1n) is 5.92. The maximum Gasteiger partial charge on any atom is 0.116 e. The van der Waals surface area contributed by atoms with E-state index in [1.807, 2.05) is 17.8 Å². The molecule has 1 aromatic heterocycles. The summed E-state index contributed by atoms with van der Waals surface area (Å²) in [6.07, 6.45) is 7.27. The molecule has 3 atom stereocenters. The van der Waals surface area contributed by atoms with Gasteiger partial charge in [0.25, 0.3) is 0 Å². The smallest absolute Gasteiger partial charge is 0.116 e. The summed E-state index contributed by atoms with van der Waals surface area (Å²) in [6, 6.07) is 1.98. The second kappa shape index (κ2) is 5.64. The van der Waals surface area contributed by atoms with Gasteiger partial charge in [-0.25, -0.2) is 9.97 Å². The van der Waals surface area contributed by atoms with E-state index in [0.717, 1.165) is 17.5 Å². The highest BCUT2D eigenvalue weighted by Gasteiger charge is 2.28. The fourth-order valence-corrected chi connectivity index (χ4v) is 3.73. The molecule has 0 aromatic carbocycles. The second-order valence-electron chi connectivity index (χ2n) is 4.62. The minimum atomic E-state index is 0.628. The summed E-state index contributed by atoms with van der Waals surface area (Å²) in [7, 11) is 0. The molecule has 2 rings (SSSR count). The Morgan fingerprint density at radius 2 is 2.38 bits per heavy atom. The molecule has 88 valence electrons. The average molecular weight is 237 g/mol. The van der Waals surface area contributed by atoms with Gasteiger partial charge in [-0.2, -0.15) is 0 Å². The van der Waals surface area contributed by atoms with Crippen LogP contribution in [0.4, 0.5) is 0 Å². The van der Waals surface area contributed by atoms with Crippen molar-refractivity contribution in [3.63, 3.8) is 0 Å². The molecule has 16 heavy (non-hydrogen) atoms. The van der Waals surface area contributed by atoms with Gasteiger partial charge in [-0.3, -0.25) is 0 Å². The lowest BCUT2D eigenvalue weighted by Gasteiger charge is -2.33. The van der Waals surface area contributed by atoms with Crippen molar-refractivity contribution >= 4 is 11.8 Å². The van der Waals surface area contributed by atoms with Gasteiger partial charge in [0, 0.05) is 11.4 Å². The summed E-state index contributed by atoms with van der Waals surface area (Å²) in [5.74, 6) is 1.47. The molecule has 1 saturated carbocycles. The molecule has 0 radical (unpaired) electrons. The molecule has 2 N–H and O–H groups in total. The third-order valence-electron chi connectivity index (χ3n) is 3.32. The molecule has 1 fully saturated rings. The third-order valence-corrected chi connectivity index (χ3v) is 4.68. The lowest BCUT2D eigenvalue weighted by Crippen LogP contribution is -2.31. The minimum absolute atomic E-state index is 0.628. The maximum atomic E-state index is 5.85.